The second-order valence-corrected chi connectivity index (χ2v) is 7.65. The van der Waals surface area contributed by atoms with Crippen LogP contribution in [0.3, 0.4) is 0 Å². The monoisotopic (exact) mass is 479 g/mol. The Bertz CT molecular complexity index is 1180. The highest BCUT2D eigenvalue weighted by Gasteiger charge is 2.13. The van der Waals surface area contributed by atoms with E-state index in [4.69, 9.17) is 14.7 Å². The standard InChI is InChI=1S/C25H29N5O5/c1-3-29(15-17-35-28-19(2)14-16-34-18-31)21-10-8-20(9-11-21)26-27-24-12-13-25(30(32)33)23-7-5-4-6-22(23)24/h4-13,31H,3,14-18H2,1-2H3/b27-26?,28-19+. The van der Waals surface area contributed by atoms with Crippen molar-refractivity contribution in [1.29, 1.82) is 0 Å². The number of aliphatic hydroxyl groups excluding tert-OH is 1. The number of hydrogen-bond donors (Lipinski definition) is 1. The van der Waals surface area contributed by atoms with E-state index >= 15 is 0 Å². The molecule has 3 rings (SSSR count). The van der Waals surface area contributed by atoms with Crippen molar-refractivity contribution >= 4 is 39.2 Å². The molecule has 184 valence electrons. The summed E-state index contributed by atoms with van der Waals surface area (Å²) in [6.45, 7) is 5.91. The number of aliphatic hydroxyl groups is 1. The first-order valence-electron chi connectivity index (χ1n) is 11.3. The van der Waals surface area contributed by atoms with Crippen LogP contribution in [0.5, 0.6) is 0 Å². The van der Waals surface area contributed by atoms with Gasteiger partial charge in [-0.1, -0.05) is 23.4 Å². The number of ether oxygens (including phenoxy) is 1. The van der Waals surface area contributed by atoms with Crippen molar-refractivity contribution < 1.29 is 19.6 Å². The third-order valence-electron chi connectivity index (χ3n) is 5.32. The zero-order valence-corrected chi connectivity index (χ0v) is 19.8. The molecule has 0 saturated heterocycles. The molecule has 0 aliphatic carbocycles. The predicted octanol–water partition coefficient (Wildman–Crippen LogP) is 5.74. The van der Waals surface area contributed by atoms with Crippen LogP contribution in [0.4, 0.5) is 22.7 Å². The number of likely N-dealkylation sites (N-methyl/N-ethyl adjacent to an activating group) is 1. The highest BCUT2D eigenvalue weighted by molar-refractivity contribution is 5.98. The fourth-order valence-corrected chi connectivity index (χ4v) is 3.46. The summed E-state index contributed by atoms with van der Waals surface area (Å²) in [5.41, 5.74) is 3.11. The molecule has 0 heterocycles. The van der Waals surface area contributed by atoms with E-state index in [1.807, 2.05) is 37.3 Å². The van der Waals surface area contributed by atoms with Crippen LogP contribution < -0.4 is 4.90 Å². The van der Waals surface area contributed by atoms with Crippen LogP contribution in [0, 0.1) is 10.1 Å². The third kappa shape index (κ3) is 7.29. The van der Waals surface area contributed by atoms with Crippen molar-refractivity contribution in [3.05, 3.63) is 70.8 Å². The SMILES string of the molecule is CCN(CCO/N=C(\C)CCOCO)c1ccc(N=Nc2ccc([N+](=O)[O-])c3ccccc23)cc1. The number of nitro benzene ring substituents is 1. The maximum absolute atomic E-state index is 11.3. The lowest BCUT2D eigenvalue weighted by Crippen LogP contribution is -2.26. The molecule has 10 heteroatoms. The van der Waals surface area contributed by atoms with Crippen LogP contribution in [-0.4, -0.2) is 48.8 Å². The average molecular weight is 480 g/mol. The number of anilines is 1. The summed E-state index contributed by atoms with van der Waals surface area (Å²) in [6.07, 6.45) is 0.601. The fourth-order valence-electron chi connectivity index (χ4n) is 3.46. The van der Waals surface area contributed by atoms with Gasteiger partial charge < -0.3 is 19.6 Å². The minimum Gasteiger partial charge on any atom is -0.394 e. The number of non-ortho nitro benzene ring substituents is 1. The quantitative estimate of drug-likeness (QED) is 0.0833. The van der Waals surface area contributed by atoms with Gasteiger partial charge >= 0.3 is 0 Å². The van der Waals surface area contributed by atoms with Crippen molar-refractivity contribution in [2.75, 3.05) is 38.0 Å². The van der Waals surface area contributed by atoms with Gasteiger partial charge in [-0.05, 0) is 50.2 Å². The van der Waals surface area contributed by atoms with Crippen molar-refractivity contribution in [1.82, 2.24) is 0 Å². The maximum Gasteiger partial charge on any atom is 0.277 e. The summed E-state index contributed by atoms with van der Waals surface area (Å²) >= 11 is 0. The Kier molecular flexibility index (Phi) is 9.64. The van der Waals surface area contributed by atoms with Crippen molar-refractivity contribution in [2.45, 2.75) is 20.3 Å². The highest BCUT2D eigenvalue weighted by atomic mass is 16.6. The molecule has 3 aromatic rings. The molecule has 0 unspecified atom stereocenters. The molecule has 0 saturated carbocycles. The van der Waals surface area contributed by atoms with Gasteiger partial charge in [0, 0.05) is 30.1 Å². The van der Waals surface area contributed by atoms with Gasteiger partial charge in [0.25, 0.3) is 5.69 Å². The van der Waals surface area contributed by atoms with E-state index in [1.54, 1.807) is 24.3 Å². The molecular weight excluding hydrogens is 450 g/mol. The van der Waals surface area contributed by atoms with Crippen LogP contribution in [0.25, 0.3) is 10.8 Å². The summed E-state index contributed by atoms with van der Waals surface area (Å²) in [4.78, 5) is 18.5. The van der Waals surface area contributed by atoms with Gasteiger partial charge in [0.2, 0.25) is 0 Å². The van der Waals surface area contributed by atoms with Gasteiger partial charge in [-0.15, -0.1) is 5.11 Å². The number of oxime groups is 1. The topological polar surface area (TPSA) is 122 Å². The van der Waals surface area contributed by atoms with Crippen LogP contribution in [0.1, 0.15) is 20.3 Å². The number of nitro groups is 1. The Morgan fingerprint density at radius 3 is 2.46 bits per heavy atom. The maximum atomic E-state index is 11.3. The minimum atomic E-state index is -0.395. The summed E-state index contributed by atoms with van der Waals surface area (Å²) < 4.78 is 4.88. The number of fused-ring (bicyclic) bond motifs is 1. The van der Waals surface area contributed by atoms with E-state index in [2.05, 4.69) is 27.2 Å². The van der Waals surface area contributed by atoms with E-state index in [-0.39, 0.29) is 12.5 Å². The van der Waals surface area contributed by atoms with E-state index < -0.39 is 4.92 Å². The van der Waals surface area contributed by atoms with E-state index in [1.165, 1.54) is 6.07 Å². The Morgan fingerprint density at radius 1 is 1.03 bits per heavy atom. The zero-order chi connectivity index (χ0) is 25.0. The summed E-state index contributed by atoms with van der Waals surface area (Å²) in [7, 11) is 0. The lowest BCUT2D eigenvalue weighted by atomic mass is 10.1. The van der Waals surface area contributed by atoms with Crippen LogP contribution in [0.15, 0.2) is 76.0 Å². The van der Waals surface area contributed by atoms with Crippen LogP contribution >= 0.6 is 0 Å². The third-order valence-corrected chi connectivity index (χ3v) is 5.32. The van der Waals surface area contributed by atoms with Gasteiger partial charge in [-0.2, -0.15) is 5.11 Å². The van der Waals surface area contributed by atoms with Crippen molar-refractivity contribution in [3.63, 3.8) is 0 Å². The summed E-state index contributed by atoms with van der Waals surface area (Å²) in [6, 6.07) is 17.8. The van der Waals surface area contributed by atoms with E-state index in [0.717, 1.165) is 17.9 Å². The largest absolute Gasteiger partial charge is 0.394 e. The fraction of sp³-hybridized carbons (Fsp3) is 0.320. The molecule has 0 atom stereocenters. The molecule has 0 bridgehead atoms. The molecule has 0 radical (unpaired) electrons. The summed E-state index contributed by atoms with van der Waals surface area (Å²) in [5, 5.41) is 33.9. The van der Waals surface area contributed by atoms with Gasteiger partial charge in [0.1, 0.15) is 13.4 Å². The lowest BCUT2D eigenvalue weighted by molar-refractivity contribution is -0.383. The highest BCUT2D eigenvalue weighted by Crippen LogP contribution is 2.34. The predicted molar refractivity (Wildman–Crippen MR) is 136 cm³/mol. The molecule has 0 aliphatic heterocycles. The number of benzene rings is 3. The van der Waals surface area contributed by atoms with Gasteiger partial charge in [0.05, 0.1) is 40.5 Å². The van der Waals surface area contributed by atoms with Crippen molar-refractivity contribution in [3.8, 4) is 0 Å². The Labute approximate surface area is 203 Å². The molecule has 3 aromatic carbocycles. The molecule has 0 aromatic heterocycles. The van der Waals surface area contributed by atoms with E-state index in [9.17, 15) is 10.1 Å². The molecule has 10 nitrogen and oxygen atoms in total. The second kappa shape index (κ2) is 13.1. The smallest absolute Gasteiger partial charge is 0.277 e. The Morgan fingerprint density at radius 2 is 1.77 bits per heavy atom. The van der Waals surface area contributed by atoms with E-state index in [0.29, 0.717) is 48.3 Å². The first kappa shape index (κ1) is 25.7. The molecule has 0 fully saturated rings. The Balaban J connectivity index is 1.62. The molecule has 35 heavy (non-hydrogen) atoms. The first-order valence-corrected chi connectivity index (χ1v) is 11.3. The summed E-state index contributed by atoms with van der Waals surface area (Å²) in [5.74, 6) is 0. The molecular formula is C25H29N5O5. The Hall–Kier alpha value is -3.89. The molecule has 1 N–H and O–H groups in total. The molecule has 0 aliphatic rings. The number of hydrogen-bond acceptors (Lipinski definition) is 9. The molecule has 0 spiro atoms. The van der Waals surface area contributed by atoms with Crippen LogP contribution in [-0.2, 0) is 9.57 Å². The number of nitrogens with zero attached hydrogens (tertiary/aromatic N) is 5. The first-order chi connectivity index (χ1) is 17.0. The van der Waals surface area contributed by atoms with Crippen LogP contribution in [0.2, 0.25) is 0 Å². The average Bonchev–Trinajstić information content (AvgIpc) is 2.87. The van der Waals surface area contributed by atoms with Gasteiger partial charge in [0.15, 0.2) is 0 Å². The zero-order valence-electron chi connectivity index (χ0n) is 19.8. The number of rotatable bonds is 13. The van der Waals surface area contributed by atoms with Gasteiger partial charge in [-0.25, -0.2) is 0 Å². The van der Waals surface area contributed by atoms with Gasteiger partial charge in [-0.3, -0.25) is 10.1 Å². The minimum absolute atomic E-state index is 0.0455. The lowest BCUT2D eigenvalue weighted by Gasteiger charge is -2.22. The van der Waals surface area contributed by atoms with Crippen molar-refractivity contribution in [2.24, 2.45) is 15.4 Å². The normalized spacial score (nSPS) is 11.8. The number of azo groups is 1. The molecule has 0 amide bonds. The second-order valence-electron chi connectivity index (χ2n) is 7.65.